The number of carbonyl (C=O) groups excluding carboxylic acids is 1. The number of imidazole rings is 1. The van der Waals surface area contributed by atoms with Gasteiger partial charge in [-0.2, -0.15) is 5.26 Å². The van der Waals surface area contributed by atoms with Gasteiger partial charge in [-0.25, -0.2) is 14.2 Å². The number of hydrogen-bond acceptors (Lipinski definition) is 3. The van der Waals surface area contributed by atoms with Crippen LogP contribution in [0.25, 0.3) is 0 Å². The van der Waals surface area contributed by atoms with Gasteiger partial charge in [-0.15, -0.1) is 0 Å². The van der Waals surface area contributed by atoms with Gasteiger partial charge in [0.2, 0.25) is 0 Å². The number of aryl methyl sites for hydroxylation is 1. The molecule has 0 aliphatic carbocycles. The van der Waals surface area contributed by atoms with Crippen molar-refractivity contribution >= 4 is 11.7 Å². The molecule has 7 heteroatoms. The number of nitrogens with zero attached hydrogens (tertiary/aromatic N) is 4. The first kappa shape index (κ1) is 14.5. The third-order valence-corrected chi connectivity index (χ3v) is 2.99. The second kappa shape index (κ2) is 6.05. The summed E-state index contributed by atoms with van der Waals surface area (Å²) in [5.74, 6) is 0.0701. The van der Waals surface area contributed by atoms with Crippen LogP contribution in [-0.2, 0) is 13.6 Å². The molecule has 108 valence electrons. The number of anilines is 1. The fourth-order valence-electron chi connectivity index (χ4n) is 1.74. The predicted octanol–water partition coefficient (Wildman–Crippen LogP) is 2.09. The SMILES string of the molecule is CN(Cc1nccn1C)C(=O)Nc1ccc(C#N)c(F)c1. The molecule has 0 aliphatic heterocycles. The lowest BCUT2D eigenvalue weighted by molar-refractivity contribution is 0.219. The maximum absolute atomic E-state index is 13.5. The number of aromatic nitrogens is 2. The van der Waals surface area contributed by atoms with E-state index in [1.807, 2.05) is 11.6 Å². The first-order valence-electron chi connectivity index (χ1n) is 6.19. The van der Waals surface area contributed by atoms with Gasteiger partial charge in [0.05, 0.1) is 12.1 Å². The molecule has 0 saturated heterocycles. The van der Waals surface area contributed by atoms with Crippen LogP contribution in [0.1, 0.15) is 11.4 Å². The van der Waals surface area contributed by atoms with Crippen LogP contribution in [0.2, 0.25) is 0 Å². The van der Waals surface area contributed by atoms with Crippen molar-refractivity contribution in [1.29, 1.82) is 5.26 Å². The summed E-state index contributed by atoms with van der Waals surface area (Å²) >= 11 is 0. The van der Waals surface area contributed by atoms with Crippen LogP contribution in [0, 0.1) is 17.1 Å². The maximum Gasteiger partial charge on any atom is 0.321 e. The monoisotopic (exact) mass is 287 g/mol. The van der Waals surface area contributed by atoms with Crippen molar-refractivity contribution in [3.05, 3.63) is 47.8 Å². The van der Waals surface area contributed by atoms with Crippen molar-refractivity contribution in [1.82, 2.24) is 14.5 Å². The van der Waals surface area contributed by atoms with Crippen LogP contribution in [0.4, 0.5) is 14.9 Å². The summed E-state index contributed by atoms with van der Waals surface area (Å²) in [6.07, 6.45) is 3.44. The minimum atomic E-state index is -0.665. The van der Waals surface area contributed by atoms with Crippen LogP contribution in [0.15, 0.2) is 30.6 Å². The van der Waals surface area contributed by atoms with Gasteiger partial charge in [0, 0.05) is 32.2 Å². The van der Waals surface area contributed by atoms with Crippen molar-refractivity contribution in [3.8, 4) is 6.07 Å². The lowest BCUT2D eigenvalue weighted by Crippen LogP contribution is -2.31. The summed E-state index contributed by atoms with van der Waals surface area (Å²) in [7, 11) is 3.45. The number of amides is 2. The number of hydrogen-bond donors (Lipinski definition) is 1. The van der Waals surface area contributed by atoms with E-state index in [0.717, 1.165) is 11.9 Å². The molecule has 1 N–H and O–H groups in total. The summed E-state index contributed by atoms with van der Waals surface area (Å²) < 4.78 is 15.3. The topological polar surface area (TPSA) is 74.0 Å². The van der Waals surface area contributed by atoms with E-state index in [2.05, 4.69) is 10.3 Å². The van der Waals surface area contributed by atoms with Crippen LogP contribution in [-0.4, -0.2) is 27.5 Å². The number of urea groups is 1. The first-order valence-corrected chi connectivity index (χ1v) is 6.19. The van der Waals surface area contributed by atoms with Gasteiger partial charge >= 0.3 is 6.03 Å². The lowest BCUT2D eigenvalue weighted by atomic mass is 10.2. The Morgan fingerprint density at radius 1 is 1.57 bits per heavy atom. The number of halogens is 1. The Labute approximate surface area is 121 Å². The number of nitrogens with one attached hydrogen (secondary N) is 1. The van der Waals surface area contributed by atoms with E-state index in [-0.39, 0.29) is 11.6 Å². The van der Waals surface area contributed by atoms with E-state index >= 15 is 0 Å². The molecule has 0 unspecified atom stereocenters. The van der Waals surface area contributed by atoms with E-state index in [0.29, 0.717) is 12.2 Å². The zero-order valence-corrected chi connectivity index (χ0v) is 11.7. The molecule has 0 bridgehead atoms. The summed E-state index contributed by atoms with van der Waals surface area (Å²) in [4.78, 5) is 17.6. The van der Waals surface area contributed by atoms with Crippen molar-refractivity contribution in [3.63, 3.8) is 0 Å². The Morgan fingerprint density at radius 2 is 2.33 bits per heavy atom. The van der Waals surface area contributed by atoms with E-state index in [1.165, 1.54) is 17.0 Å². The van der Waals surface area contributed by atoms with Gasteiger partial charge in [-0.1, -0.05) is 0 Å². The molecule has 1 heterocycles. The highest BCUT2D eigenvalue weighted by atomic mass is 19.1. The van der Waals surface area contributed by atoms with Crippen LogP contribution >= 0.6 is 0 Å². The van der Waals surface area contributed by atoms with Gasteiger partial charge in [0.1, 0.15) is 17.7 Å². The molecule has 2 amide bonds. The van der Waals surface area contributed by atoms with E-state index in [1.54, 1.807) is 25.5 Å². The summed E-state index contributed by atoms with van der Waals surface area (Å²) in [6, 6.07) is 5.26. The maximum atomic E-state index is 13.5. The predicted molar refractivity (Wildman–Crippen MR) is 74.8 cm³/mol. The Hall–Kier alpha value is -2.88. The summed E-state index contributed by atoms with van der Waals surface area (Å²) in [5.41, 5.74) is 0.234. The van der Waals surface area contributed by atoms with Crippen LogP contribution in [0.3, 0.4) is 0 Å². The van der Waals surface area contributed by atoms with Crippen molar-refractivity contribution < 1.29 is 9.18 Å². The highest BCUT2D eigenvalue weighted by Gasteiger charge is 2.12. The number of carbonyl (C=O) groups is 1. The molecule has 1 aromatic carbocycles. The molecule has 6 nitrogen and oxygen atoms in total. The molecule has 0 saturated carbocycles. The Balaban J connectivity index is 2.02. The minimum Gasteiger partial charge on any atom is -0.337 e. The highest BCUT2D eigenvalue weighted by molar-refractivity contribution is 5.89. The first-order chi connectivity index (χ1) is 10.0. The quantitative estimate of drug-likeness (QED) is 0.939. The molecule has 0 aliphatic rings. The number of benzene rings is 1. The van der Waals surface area contributed by atoms with Gasteiger partial charge in [0.15, 0.2) is 0 Å². The van der Waals surface area contributed by atoms with Gasteiger partial charge in [-0.05, 0) is 18.2 Å². The van der Waals surface area contributed by atoms with E-state index < -0.39 is 5.82 Å². The fourth-order valence-corrected chi connectivity index (χ4v) is 1.74. The van der Waals surface area contributed by atoms with E-state index in [9.17, 15) is 9.18 Å². The second-order valence-electron chi connectivity index (χ2n) is 4.55. The highest BCUT2D eigenvalue weighted by Crippen LogP contribution is 2.14. The van der Waals surface area contributed by atoms with Crippen LogP contribution in [0.5, 0.6) is 0 Å². The lowest BCUT2D eigenvalue weighted by Gasteiger charge is -2.17. The Morgan fingerprint density at radius 3 is 2.90 bits per heavy atom. The Kier molecular flexibility index (Phi) is 4.18. The fraction of sp³-hybridized carbons (Fsp3) is 0.214. The molecule has 1 aromatic heterocycles. The van der Waals surface area contributed by atoms with E-state index in [4.69, 9.17) is 5.26 Å². The molecule has 0 spiro atoms. The largest absolute Gasteiger partial charge is 0.337 e. The molecule has 0 fully saturated rings. The average Bonchev–Trinajstić information content (AvgIpc) is 2.84. The molecular weight excluding hydrogens is 273 g/mol. The van der Waals surface area contributed by atoms with Gasteiger partial charge in [0.25, 0.3) is 0 Å². The number of nitriles is 1. The van der Waals surface area contributed by atoms with Crippen molar-refractivity contribution in [2.75, 3.05) is 12.4 Å². The zero-order valence-electron chi connectivity index (χ0n) is 11.7. The second-order valence-corrected chi connectivity index (χ2v) is 4.55. The average molecular weight is 287 g/mol. The molecule has 2 aromatic rings. The standard InChI is InChI=1S/C14H14FN5O/c1-19-6-5-17-13(19)9-20(2)14(21)18-11-4-3-10(8-16)12(15)7-11/h3-7H,9H2,1-2H3,(H,18,21). The third kappa shape index (κ3) is 3.36. The normalized spacial score (nSPS) is 10.0. The third-order valence-electron chi connectivity index (χ3n) is 2.99. The molecule has 21 heavy (non-hydrogen) atoms. The molecule has 0 radical (unpaired) electrons. The van der Waals surface area contributed by atoms with Crippen molar-refractivity contribution in [2.24, 2.45) is 7.05 Å². The number of rotatable bonds is 3. The minimum absolute atomic E-state index is 0.0608. The summed E-state index contributed by atoms with van der Waals surface area (Å²) in [6.45, 7) is 0.327. The zero-order chi connectivity index (χ0) is 15.4. The van der Waals surface area contributed by atoms with Gasteiger partial charge in [-0.3, -0.25) is 0 Å². The summed E-state index contributed by atoms with van der Waals surface area (Å²) in [5, 5.41) is 11.2. The van der Waals surface area contributed by atoms with Gasteiger partial charge < -0.3 is 14.8 Å². The van der Waals surface area contributed by atoms with Crippen LogP contribution < -0.4 is 5.32 Å². The smallest absolute Gasteiger partial charge is 0.321 e. The molecule has 0 atom stereocenters. The molecule has 2 rings (SSSR count). The Bertz CT molecular complexity index is 704. The van der Waals surface area contributed by atoms with Crippen molar-refractivity contribution in [2.45, 2.75) is 6.54 Å². The molecular formula is C14H14FN5O.